The van der Waals surface area contributed by atoms with Gasteiger partial charge in [-0.3, -0.25) is 13.7 Å². The number of hydrogen-bond donors (Lipinski definition) is 4. The fraction of sp³-hybridized carbons (Fsp3) is 0. The van der Waals surface area contributed by atoms with Gasteiger partial charge in [-0.15, -0.1) is 0 Å². The summed E-state index contributed by atoms with van der Waals surface area (Å²) < 4.78 is 42.7. The highest BCUT2D eigenvalue weighted by Crippen LogP contribution is 1.58. The molecule has 58 valence electrons. The Kier molecular flexibility index (Phi) is 10.7. The minimum Gasteiger partial charge on any atom is -0.284 e. The summed E-state index contributed by atoms with van der Waals surface area (Å²) in [5.41, 5.74) is 0. The lowest BCUT2D eigenvalue weighted by Gasteiger charge is -1.75. The molecule has 0 aromatic rings. The lowest BCUT2D eigenvalue weighted by Crippen LogP contribution is -2.00. The van der Waals surface area contributed by atoms with E-state index in [-0.39, 0.29) is 0 Å². The van der Waals surface area contributed by atoms with E-state index in [0.29, 0.717) is 0 Å². The van der Waals surface area contributed by atoms with Gasteiger partial charge in [0, 0.05) is 0 Å². The molecule has 0 aliphatic carbocycles. The fourth-order valence-corrected chi connectivity index (χ4v) is 0. The second kappa shape index (κ2) is 8.10. The van der Waals surface area contributed by atoms with Crippen molar-refractivity contribution in [2.45, 2.75) is 0 Å². The molecule has 9 heavy (non-hydrogen) atoms. The van der Waals surface area contributed by atoms with Gasteiger partial charge in [-0.25, -0.2) is 0 Å². The molecule has 1 unspecified atom stereocenters. The van der Waals surface area contributed by atoms with E-state index < -0.39 is 22.7 Å². The zero-order valence-corrected chi connectivity index (χ0v) is 5.59. The number of rotatable bonds is 1. The van der Waals surface area contributed by atoms with Crippen LogP contribution in [0.3, 0.4) is 0 Å². The zero-order valence-electron chi connectivity index (χ0n) is 3.96. The molecule has 7 nitrogen and oxygen atoms in total. The van der Waals surface area contributed by atoms with Crippen LogP contribution in [0.4, 0.5) is 0 Å². The van der Waals surface area contributed by atoms with E-state index in [9.17, 15) is 0 Å². The molecule has 1 atom stereocenters. The fourth-order valence-electron chi connectivity index (χ4n) is 0. The van der Waals surface area contributed by atoms with Crippen molar-refractivity contribution in [3.8, 4) is 0 Å². The van der Waals surface area contributed by atoms with Gasteiger partial charge in [-0.1, -0.05) is 0 Å². The van der Waals surface area contributed by atoms with Crippen molar-refractivity contribution in [2.75, 3.05) is 0 Å². The number of hydrogen-bond acceptors (Lipinski definition) is 4. The van der Waals surface area contributed by atoms with Crippen molar-refractivity contribution in [3.63, 3.8) is 0 Å². The molecule has 0 aliphatic heterocycles. The molecule has 9 heteroatoms. The van der Waals surface area contributed by atoms with Crippen molar-refractivity contribution < 1.29 is 26.4 Å². The van der Waals surface area contributed by atoms with Crippen LogP contribution in [0.5, 0.6) is 0 Å². The molecule has 0 amide bonds. The highest BCUT2D eigenvalue weighted by atomic mass is 32.2. The van der Waals surface area contributed by atoms with Crippen molar-refractivity contribution in [2.24, 2.45) is 5.90 Å². The SMILES string of the molecule is NOS(=O)O.O=S(O)O. The second-order valence-electron chi connectivity index (χ2n) is 0.544. The Hall–Kier alpha value is 0.1000. The maximum atomic E-state index is 9.13. The van der Waals surface area contributed by atoms with Crippen molar-refractivity contribution in [3.05, 3.63) is 0 Å². The Bertz CT molecular complexity index is 95.2. The lowest BCUT2D eigenvalue weighted by atomic mass is 13.6. The Morgan fingerprint density at radius 2 is 1.33 bits per heavy atom. The van der Waals surface area contributed by atoms with E-state index in [0.717, 1.165) is 0 Å². The van der Waals surface area contributed by atoms with Crippen molar-refractivity contribution in [1.82, 2.24) is 0 Å². The third kappa shape index (κ3) is 68.3. The van der Waals surface area contributed by atoms with E-state index in [4.69, 9.17) is 22.1 Å². The third-order valence-corrected chi connectivity index (χ3v) is 0.247. The van der Waals surface area contributed by atoms with Gasteiger partial charge < -0.3 is 0 Å². The van der Waals surface area contributed by atoms with E-state index in [1.807, 2.05) is 0 Å². The molecule has 0 saturated carbocycles. The van der Waals surface area contributed by atoms with Crippen LogP contribution in [-0.2, 0) is 27.0 Å². The molecular formula is H5NO6S2. The molecule has 0 aromatic carbocycles. The summed E-state index contributed by atoms with van der Waals surface area (Å²) >= 11 is -4.91. The first kappa shape index (κ1) is 11.8. The molecule has 0 heterocycles. The van der Waals surface area contributed by atoms with Crippen LogP contribution in [0, 0.1) is 0 Å². The largest absolute Gasteiger partial charge is 0.319 e. The molecule has 5 N–H and O–H groups in total. The quantitative estimate of drug-likeness (QED) is 0.290. The zero-order chi connectivity index (χ0) is 7.86. The predicted molar refractivity (Wildman–Crippen MR) is 29.4 cm³/mol. The van der Waals surface area contributed by atoms with Gasteiger partial charge in [0.25, 0.3) is 11.4 Å². The first-order chi connectivity index (χ1) is 4.00. The summed E-state index contributed by atoms with van der Waals surface area (Å²) in [6, 6.07) is 0. The summed E-state index contributed by atoms with van der Waals surface area (Å²) in [5.74, 6) is 4.12. The van der Waals surface area contributed by atoms with Crippen LogP contribution < -0.4 is 5.90 Å². The Morgan fingerprint density at radius 1 is 1.22 bits per heavy atom. The highest BCUT2D eigenvalue weighted by Gasteiger charge is 1.76. The van der Waals surface area contributed by atoms with E-state index >= 15 is 0 Å². The van der Waals surface area contributed by atoms with Crippen LogP contribution in [0.25, 0.3) is 0 Å². The molecular weight excluding hydrogens is 174 g/mol. The van der Waals surface area contributed by atoms with Gasteiger partial charge >= 0.3 is 11.4 Å². The topological polar surface area (TPSA) is 130 Å². The number of nitrogens with two attached hydrogens (primary N) is 1. The molecule has 0 radical (unpaired) electrons. The third-order valence-electron chi connectivity index (χ3n) is 0.0823. The minimum atomic E-state index is -2.61. The van der Waals surface area contributed by atoms with Gasteiger partial charge in [0.1, 0.15) is 0 Å². The van der Waals surface area contributed by atoms with E-state index in [1.54, 1.807) is 0 Å². The standard InChI is InChI=1S/H3NO3S.H2O3S/c1-4-5(2)3;1-4(2)3/h1H2,(H,2,3);(H2,1,2,3). The summed E-state index contributed by atoms with van der Waals surface area (Å²) in [7, 11) is 0. The summed E-state index contributed by atoms with van der Waals surface area (Å²) in [6.45, 7) is 0. The Labute approximate surface area is 55.8 Å². The van der Waals surface area contributed by atoms with Crippen molar-refractivity contribution >= 4 is 22.7 Å². The lowest BCUT2D eigenvalue weighted by molar-refractivity contribution is 0.320. The molecule has 0 saturated heterocycles. The van der Waals surface area contributed by atoms with Crippen LogP contribution in [-0.4, -0.2) is 22.1 Å². The van der Waals surface area contributed by atoms with Crippen LogP contribution in [0.1, 0.15) is 0 Å². The summed E-state index contributed by atoms with van der Waals surface area (Å²) in [5, 5.41) is 0. The average Bonchev–Trinajstić information content (AvgIpc) is 1.65. The minimum absolute atomic E-state index is 2.29. The van der Waals surface area contributed by atoms with Crippen LogP contribution in [0.15, 0.2) is 0 Å². The van der Waals surface area contributed by atoms with Gasteiger partial charge in [0.15, 0.2) is 0 Å². The monoisotopic (exact) mass is 179 g/mol. The molecule has 0 aromatic heterocycles. The maximum absolute atomic E-state index is 9.13. The predicted octanol–water partition coefficient (Wildman–Crippen LogP) is -1.31. The van der Waals surface area contributed by atoms with Crippen molar-refractivity contribution in [1.29, 1.82) is 0 Å². The van der Waals surface area contributed by atoms with Gasteiger partial charge in [-0.05, 0) is 0 Å². The molecule has 0 spiro atoms. The van der Waals surface area contributed by atoms with Crippen LogP contribution in [0.2, 0.25) is 0 Å². The first-order valence-electron chi connectivity index (χ1n) is 1.28. The van der Waals surface area contributed by atoms with Gasteiger partial charge in [-0.2, -0.15) is 18.6 Å². The molecule has 0 aliphatic rings. The molecule has 0 rings (SSSR count). The Morgan fingerprint density at radius 3 is 1.33 bits per heavy atom. The Balaban J connectivity index is 0. The van der Waals surface area contributed by atoms with E-state index in [2.05, 4.69) is 10.2 Å². The van der Waals surface area contributed by atoms with E-state index in [1.165, 1.54) is 0 Å². The van der Waals surface area contributed by atoms with Gasteiger partial charge in [0.05, 0.1) is 0 Å². The summed E-state index contributed by atoms with van der Waals surface area (Å²) in [6.07, 6.45) is 0. The normalized spacial score (nSPS) is 12.1. The molecule has 0 fully saturated rings. The maximum Gasteiger partial charge on any atom is 0.319 e. The average molecular weight is 179 g/mol. The smallest absolute Gasteiger partial charge is 0.284 e. The first-order valence-corrected chi connectivity index (χ1v) is 3.38. The summed E-state index contributed by atoms with van der Waals surface area (Å²) in [4.78, 5) is 0. The van der Waals surface area contributed by atoms with Crippen LogP contribution >= 0.6 is 0 Å². The second-order valence-corrected chi connectivity index (χ2v) is 1.63. The molecule has 0 bridgehead atoms. The highest BCUT2D eigenvalue weighted by molar-refractivity contribution is 7.74. The van der Waals surface area contributed by atoms with Gasteiger partial charge in [0.2, 0.25) is 0 Å².